The second kappa shape index (κ2) is 6.53. The van der Waals surface area contributed by atoms with Crippen molar-refractivity contribution in [2.45, 2.75) is 20.0 Å². The Hall–Kier alpha value is -3.16. The van der Waals surface area contributed by atoms with Crippen LogP contribution >= 0.6 is 0 Å². The van der Waals surface area contributed by atoms with E-state index in [0.717, 1.165) is 0 Å². The van der Waals surface area contributed by atoms with E-state index in [0.29, 0.717) is 23.0 Å². The van der Waals surface area contributed by atoms with Gasteiger partial charge in [-0.15, -0.1) is 0 Å². The highest BCUT2D eigenvalue weighted by Gasteiger charge is 2.15. The summed E-state index contributed by atoms with van der Waals surface area (Å²) in [7, 11) is 1.80. The van der Waals surface area contributed by atoms with Crippen molar-refractivity contribution in [3.63, 3.8) is 0 Å². The van der Waals surface area contributed by atoms with E-state index in [1.54, 1.807) is 42.2 Å². The lowest BCUT2D eigenvalue weighted by atomic mass is 10.3. The summed E-state index contributed by atoms with van der Waals surface area (Å²) in [4.78, 5) is 16.3. The minimum atomic E-state index is -0.389. The molecule has 1 amide bonds. The first-order valence-electron chi connectivity index (χ1n) is 7.42. The lowest BCUT2D eigenvalue weighted by molar-refractivity contribution is 0.101. The van der Waals surface area contributed by atoms with Crippen LogP contribution in [0.15, 0.2) is 41.2 Å². The van der Waals surface area contributed by atoms with Crippen molar-refractivity contribution < 1.29 is 14.1 Å². The molecule has 0 radical (unpaired) electrons. The fraction of sp³-hybridized carbons (Fsp3) is 0.250. The molecule has 24 heavy (non-hydrogen) atoms. The predicted molar refractivity (Wildman–Crippen MR) is 86.7 cm³/mol. The van der Waals surface area contributed by atoms with Gasteiger partial charge in [0.25, 0.3) is 5.91 Å². The van der Waals surface area contributed by atoms with Gasteiger partial charge in [0.2, 0.25) is 5.88 Å². The Morgan fingerprint density at radius 2 is 2.17 bits per heavy atom. The number of ether oxygens (including phenoxy) is 1. The van der Waals surface area contributed by atoms with Crippen LogP contribution in [0, 0.1) is 0 Å². The first-order chi connectivity index (χ1) is 11.5. The second-order valence-corrected chi connectivity index (χ2v) is 5.46. The summed E-state index contributed by atoms with van der Waals surface area (Å²) in [6.45, 7) is 3.84. The van der Waals surface area contributed by atoms with Crippen molar-refractivity contribution in [2.24, 2.45) is 7.05 Å². The average Bonchev–Trinajstić information content (AvgIpc) is 3.17. The molecule has 0 fully saturated rings. The van der Waals surface area contributed by atoms with Crippen LogP contribution in [0.5, 0.6) is 5.88 Å². The van der Waals surface area contributed by atoms with Gasteiger partial charge in [-0.05, 0) is 26.0 Å². The zero-order valence-corrected chi connectivity index (χ0v) is 13.6. The van der Waals surface area contributed by atoms with Gasteiger partial charge in [-0.1, -0.05) is 5.16 Å². The third-order valence-corrected chi connectivity index (χ3v) is 3.06. The molecule has 8 heteroatoms. The fourth-order valence-corrected chi connectivity index (χ4v) is 2.01. The average molecular weight is 327 g/mol. The number of aryl methyl sites for hydroxylation is 1. The van der Waals surface area contributed by atoms with Crippen LogP contribution in [0.1, 0.15) is 24.3 Å². The number of carbonyl (C=O) groups excluding carboxylic acids is 1. The van der Waals surface area contributed by atoms with Gasteiger partial charge in [0.05, 0.1) is 18.0 Å². The first kappa shape index (κ1) is 15.7. The van der Waals surface area contributed by atoms with E-state index in [4.69, 9.17) is 9.26 Å². The van der Waals surface area contributed by atoms with Crippen LogP contribution < -0.4 is 10.1 Å². The Labute approximate surface area is 138 Å². The van der Waals surface area contributed by atoms with Gasteiger partial charge in [-0.2, -0.15) is 5.10 Å². The Balaban J connectivity index is 1.68. The quantitative estimate of drug-likeness (QED) is 0.773. The minimum absolute atomic E-state index is 0.0399. The molecule has 3 rings (SSSR count). The molecule has 0 bridgehead atoms. The number of anilines is 1. The Morgan fingerprint density at radius 1 is 1.33 bits per heavy atom. The number of nitrogens with one attached hydrogen (secondary N) is 1. The van der Waals surface area contributed by atoms with Crippen LogP contribution in [0.4, 0.5) is 5.69 Å². The van der Waals surface area contributed by atoms with E-state index in [2.05, 4.69) is 20.6 Å². The Morgan fingerprint density at radius 3 is 2.79 bits per heavy atom. The normalized spacial score (nSPS) is 10.8. The van der Waals surface area contributed by atoms with E-state index in [-0.39, 0.29) is 17.7 Å². The van der Waals surface area contributed by atoms with Gasteiger partial charge in [-0.3, -0.25) is 9.48 Å². The largest absolute Gasteiger partial charge is 0.475 e. The summed E-state index contributed by atoms with van der Waals surface area (Å²) in [6, 6.07) is 6.72. The van der Waals surface area contributed by atoms with Crippen molar-refractivity contribution in [3.05, 3.63) is 42.4 Å². The lowest BCUT2D eigenvalue weighted by Gasteiger charge is -2.09. The smallest absolute Gasteiger partial charge is 0.277 e. The first-order valence-corrected chi connectivity index (χ1v) is 7.42. The number of carbonyl (C=O) groups is 1. The Kier molecular flexibility index (Phi) is 4.28. The van der Waals surface area contributed by atoms with Gasteiger partial charge in [-0.25, -0.2) is 4.98 Å². The second-order valence-electron chi connectivity index (χ2n) is 5.46. The molecule has 0 aromatic carbocycles. The summed E-state index contributed by atoms with van der Waals surface area (Å²) < 4.78 is 12.3. The number of pyridine rings is 1. The molecule has 0 aliphatic rings. The molecule has 124 valence electrons. The molecule has 0 saturated heterocycles. The van der Waals surface area contributed by atoms with Gasteiger partial charge < -0.3 is 14.6 Å². The molecule has 0 saturated carbocycles. The fourth-order valence-electron chi connectivity index (χ4n) is 2.01. The maximum Gasteiger partial charge on any atom is 0.277 e. The standard InChI is InChI=1S/C16H17N5O3/c1-10(2)23-15-5-4-11(9-17-15)18-16(22)13-8-14(24-20-13)12-6-7-21(3)19-12/h4-10H,1-3H3,(H,18,22). The van der Waals surface area contributed by atoms with Gasteiger partial charge in [0.15, 0.2) is 11.5 Å². The summed E-state index contributed by atoms with van der Waals surface area (Å²) in [5.74, 6) is 0.543. The topological polar surface area (TPSA) is 95.1 Å². The molecule has 3 heterocycles. The van der Waals surface area contributed by atoms with E-state index in [1.165, 1.54) is 6.20 Å². The molecular weight excluding hydrogens is 310 g/mol. The lowest BCUT2D eigenvalue weighted by Crippen LogP contribution is -2.12. The molecular formula is C16H17N5O3. The van der Waals surface area contributed by atoms with Crippen molar-refractivity contribution in [3.8, 4) is 17.3 Å². The highest BCUT2D eigenvalue weighted by Crippen LogP contribution is 2.19. The van der Waals surface area contributed by atoms with Crippen LogP contribution in [-0.2, 0) is 7.05 Å². The highest BCUT2D eigenvalue weighted by molar-refractivity contribution is 6.03. The maximum absolute atomic E-state index is 12.2. The third-order valence-electron chi connectivity index (χ3n) is 3.06. The van der Waals surface area contributed by atoms with Gasteiger partial charge in [0, 0.05) is 25.4 Å². The molecule has 0 aliphatic carbocycles. The maximum atomic E-state index is 12.2. The zero-order chi connectivity index (χ0) is 17.1. The molecule has 8 nitrogen and oxygen atoms in total. The summed E-state index contributed by atoms with van der Waals surface area (Å²) in [6.07, 6.45) is 3.34. The number of hydrogen-bond acceptors (Lipinski definition) is 6. The van der Waals surface area contributed by atoms with Crippen molar-refractivity contribution >= 4 is 11.6 Å². The number of aromatic nitrogens is 4. The van der Waals surface area contributed by atoms with Crippen LogP contribution in [-0.4, -0.2) is 31.9 Å². The molecule has 0 aliphatic heterocycles. The molecule has 0 atom stereocenters. The Bertz CT molecular complexity index is 836. The zero-order valence-electron chi connectivity index (χ0n) is 13.6. The van der Waals surface area contributed by atoms with E-state index in [9.17, 15) is 4.79 Å². The predicted octanol–water partition coefficient (Wildman–Crippen LogP) is 2.51. The van der Waals surface area contributed by atoms with Crippen molar-refractivity contribution in [1.82, 2.24) is 19.9 Å². The molecule has 3 aromatic rings. The summed E-state index contributed by atoms with van der Waals surface area (Å²) in [5.41, 5.74) is 1.32. The monoisotopic (exact) mass is 327 g/mol. The number of nitrogens with zero attached hydrogens (tertiary/aromatic N) is 4. The van der Waals surface area contributed by atoms with E-state index >= 15 is 0 Å². The van der Waals surface area contributed by atoms with E-state index in [1.807, 2.05) is 13.8 Å². The van der Waals surface area contributed by atoms with Crippen LogP contribution in [0.25, 0.3) is 11.5 Å². The minimum Gasteiger partial charge on any atom is -0.475 e. The number of amides is 1. The molecule has 0 unspecified atom stereocenters. The summed E-state index contributed by atoms with van der Waals surface area (Å²) >= 11 is 0. The van der Waals surface area contributed by atoms with Crippen molar-refractivity contribution in [2.75, 3.05) is 5.32 Å². The van der Waals surface area contributed by atoms with Crippen LogP contribution in [0.3, 0.4) is 0 Å². The molecule has 3 aromatic heterocycles. The van der Waals surface area contributed by atoms with Gasteiger partial charge in [0.1, 0.15) is 5.69 Å². The summed E-state index contributed by atoms with van der Waals surface area (Å²) in [5, 5.41) is 10.7. The highest BCUT2D eigenvalue weighted by atomic mass is 16.5. The van der Waals surface area contributed by atoms with E-state index < -0.39 is 0 Å². The number of rotatable bonds is 5. The SMILES string of the molecule is CC(C)Oc1ccc(NC(=O)c2cc(-c3ccn(C)n3)on2)cn1. The van der Waals surface area contributed by atoms with Crippen molar-refractivity contribution in [1.29, 1.82) is 0 Å². The molecule has 0 spiro atoms. The van der Waals surface area contributed by atoms with Gasteiger partial charge >= 0.3 is 0 Å². The number of hydrogen-bond donors (Lipinski definition) is 1. The van der Waals surface area contributed by atoms with Crippen LogP contribution in [0.2, 0.25) is 0 Å². The third kappa shape index (κ3) is 3.60. The molecule has 1 N–H and O–H groups in total.